The number of halogens is 4. The van der Waals surface area contributed by atoms with Crippen molar-refractivity contribution in [3.05, 3.63) is 68.5 Å². The summed E-state index contributed by atoms with van der Waals surface area (Å²) in [5.74, 6) is -0.572. The van der Waals surface area contributed by atoms with Gasteiger partial charge in [0, 0.05) is 45.1 Å². The molecule has 0 spiro atoms. The number of hydrogen-bond donors (Lipinski definition) is 3. The highest BCUT2D eigenvalue weighted by molar-refractivity contribution is 9.10. The highest BCUT2D eigenvalue weighted by Crippen LogP contribution is 2.42. The number of benzene rings is 1. The van der Waals surface area contributed by atoms with Gasteiger partial charge in [-0.3, -0.25) is 9.69 Å². The van der Waals surface area contributed by atoms with Crippen molar-refractivity contribution in [3.63, 3.8) is 0 Å². The summed E-state index contributed by atoms with van der Waals surface area (Å²) in [4.78, 5) is 15.7. The maximum atomic E-state index is 12.8. The van der Waals surface area contributed by atoms with Gasteiger partial charge in [-0.05, 0) is 65.9 Å². The lowest BCUT2D eigenvalue weighted by Gasteiger charge is -2.48. The SMILES string of the molecule is C=C(CNC(=O)c1cccc(C(F)(F)F)c1)NC1CN(C2CCC(O)(c3cc(Br)cs3)CC2)C1. The molecule has 1 aromatic heterocycles. The van der Waals surface area contributed by atoms with E-state index in [1.807, 2.05) is 11.4 Å². The summed E-state index contributed by atoms with van der Waals surface area (Å²) in [5, 5.41) is 18.9. The van der Waals surface area contributed by atoms with Crippen molar-refractivity contribution in [2.24, 2.45) is 0 Å². The average Bonchev–Trinajstić information content (AvgIpc) is 3.22. The van der Waals surface area contributed by atoms with Crippen molar-refractivity contribution < 1.29 is 23.1 Å². The lowest BCUT2D eigenvalue weighted by atomic mass is 9.80. The molecule has 4 rings (SSSR count). The first-order valence-electron chi connectivity index (χ1n) is 11.1. The van der Waals surface area contributed by atoms with Gasteiger partial charge in [0.15, 0.2) is 0 Å². The predicted molar refractivity (Wildman–Crippen MR) is 130 cm³/mol. The van der Waals surface area contributed by atoms with Crippen LogP contribution in [-0.4, -0.2) is 47.6 Å². The second-order valence-electron chi connectivity index (χ2n) is 9.05. The lowest BCUT2D eigenvalue weighted by molar-refractivity contribution is -0.137. The summed E-state index contributed by atoms with van der Waals surface area (Å²) >= 11 is 5.05. The molecule has 3 N–H and O–H groups in total. The molecule has 1 amide bonds. The Morgan fingerprint density at radius 3 is 2.59 bits per heavy atom. The molecule has 10 heteroatoms. The van der Waals surface area contributed by atoms with Gasteiger partial charge < -0.3 is 15.7 Å². The molecule has 0 unspecified atom stereocenters. The summed E-state index contributed by atoms with van der Waals surface area (Å²) < 4.78 is 39.5. The summed E-state index contributed by atoms with van der Waals surface area (Å²) in [6.45, 7) is 5.78. The van der Waals surface area contributed by atoms with E-state index in [2.05, 4.69) is 38.0 Å². The Kier molecular flexibility index (Phi) is 7.42. The number of nitrogens with one attached hydrogen (secondary N) is 2. The van der Waals surface area contributed by atoms with E-state index < -0.39 is 23.2 Å². The topological polar surface area (TPSA) is 64.6 Å². The Hall–Kier alpha value is -1.88. The van der Waals surface area contributed by atoms with Crippen LogP contribution in [0, 0.1) is 0 Å². The van der Waals surface area contributed by atoms with Crippen molar-refractivity contribution in [1.29, 1.82) is 0 Å². The molecular weight excluding hydrogens is 531 g/mol. The zero-order chi connectivity index (χ0) is 24.5. The number of likely N-dealkylation sites (tertiary alicyclic amines) is 1. The Morgan fingerprint density at radius 1 is 1.26 bits per heavy atom. The van der Waals surface area contributed by atoms with Crippen LogP contribution in [0.5, 0.6) is 0 Å². The van der Waals surface area contributed by atoms with Crippen LogP contribution < -0.4 is 10.6 Å². The van der Waals surface area contributed by atoms with Gasteiger partial charge in [0.05, 0.1) is 23.8 Å². The number of carbonyl (C=O) groups is 1. The van der Waals surface area contributed by atoms with Crippen molar-refractivity contribution in [3.8, 4) is 0 Å². The van der Waals surface area contributed by atoms with Crippen LogP contribution in [0.3, 0.4) is 0 Å². The molecule has 2 aliphatic rings. The average molecular weight is 558 g/mol. The third-order valence-corrected chi connectivity index (χ3v) is 8.44. The number of thiophene rings is 1. The number of nitrogens with zero attached hydrogens (tertiary/aromatic N) is 1. The van der Waals surface area contributed by atoms with E-state index >= 15 is 0 Å². The number of aliphatic hydroxyl groups is 1. The number of alkyl halides is 3. The molecule has 1 saturated carbocycles. The summed E-state index contributed by atoms with van der Waals surface area (Å²) in [5.41, 5.74) is -1.01. The molecular formula is C24H27BrF3N3O2S. The first kappa shape index (κ1) is 25.2. The number of rotatable bonds is 7. The van der Waals surface area contributed by atoms with Crippen LogP contribution in [0.2, 0.25) is 0 Å². The Bertz CT molecular complexity index is 1040. The van der Waals surface area contributed by atoms with Gasteiger partial charge in [0.2, 0.25) is 0 Å². The molecule has 5 nitrogen and oxygen atoms in total. The molecule has 1 saturated heterocycles. The second kappa shape index (κ2) is 10.0. The van der Waals surface area contributed by atoms with Crippen LogP contribution in [0.25, 0.3) is 0 Å². The standard InChI is InChI=1S/C24H27BrF3N3O2S/c1-15(11-29-22(32)16-3-2-4-17(9-16)24(26,27)28)30-19-12-31(13-19)20-5-7-23(33,8-6-20)21-10-18(25)14-34-21/h2-4,9-10,14,19-20,30,33H,1,5-8,11-13H2,(H,29,32). The van der Waals surface area contributed by atoms with Gasteiger partial charge in [-0.1, -0.05) is 12.6 Å². The molecule has 2 heterocycles. The first-order chi connectivity index (χ1) is 16.0. The maximum Gasteiger partial charge on any atom is 0.416 e. The predicted octanol–water partition coefficient (Wildman–Crippen LogP) is 4.88. The molecule has 2 fully saturated rings. The quantitative estimate of drug-likeness (QED) is 0.454. The smallest absolute Gasteiger partial charge is 0.384 e. The van der Waals surface area contributed by atoms with E-state index in [0.717, 1.165) is 60.3 Å². The molecule has 34 heavy (non-hydrogen) atoms. The molecule has 1 aliphatic carbocycles. The van der Waals surface area contributed by atoms with Crippen LogP contribution in [0.1, 0.15) is 46.5 Å². The minimum absolute atomic E-state index is 0.0374. The van der Waals surface area contributed by atoms with E-state index in [0.29, 0.717) is 11.7 Å². The van der Waals surface area contributed by atoms with Crippen LogP contribution in [-0.2, 0) is 11.8 Å². The van der Waals surface area contributed by atoms with Crippen molar-refractivity contribution >= 4 is 33.2 Å². The number of hydrogen-bond acceptors (Lipinski definition) is 5. The zero-order valence-electron chi connectivity index (χ0n) is 18.5. The summed E-state index contributed by atoms with van der Waals surface area (Å²) in [7, 11) is 0. The van der Waals surface area contributed by atoms with Crippen LogP contribution in [0.4, 0.5) is 13.2 Å². The van der Waals surface area contributed by atoms with E-state index in [1.165, 1.54) is 12.1 Å². The van der Waals surface area contributed by atoms with Crippen molar-refractivity contribution in [2.45, 2.75) is 49.5 Å². The molecule has 184 valence electrons. The molecule has 2 aromatic rings. The van der Waals surface area contributed by atoms with Crippen LogP contribution in [0.15, 0.2) is 52.5 Å². The lowest BCUT2D eigenvalue weighted by Crippen LogP contribution is -2.62. The molecule has 0 radical (unpaired) electrons. The van der Waals surface area contributed by atoms with Gasteiger partial charge in [-0.25, -0.2) is 0 Å². The van der Waals surface area contributed by atoms with E-state index in [4.69, 9.17) is 0 Å². The largest absolute Gasteiger partial charge is 0.416 e. The number of carbonyl (C=O) groups excluding carboxylic acids is 1. The molecule has 0 bridgehead atoms. The van der Waals surface area contributed by atoms with Crippen molar-refractivity contribution in [1.82, 2.24) is 15.5 Å². The van der Waals surface area contributed by atoms with Gasteiger partial charge in [-0.15, -0.1) is 11.3 Å². The molecule has 1 aromatic carbocycles. The summed E-state index contributed by atoms with van der Waals surface area (Å²) in [6.07, 6.45) is -1.13. The van der Waals surface area contributed by atoms with Gasteiger partial charge >= 0.3 is 6.18 Å². The number of amides is 1. The fourth-order valence-corrected chi connectivity index (χ4v) is 6.20. The Morgan fingerprint density at radius 2 is 1.97 bits per heavy atom. The fraction of sp³-hybridized carbons (Fsp3) is 0.458. The third-order valence-electron chi connectivity index (χ3n) is 6.56. The monoisotopic (exact) mass is 557 g/mol. The second-order valence-corrected chi connectivity index (χ2v) is 10.9. The molecule has 1 aliphatic heterocycles. The Balaban J connectivity index is 1.17. The fourth-order valence-electron chi connectivity index (χ4n) is 4.62. The molecule has 0 atom stereocenters. The van der Waals surface area contributed by atoms with E-state index in [9.17, 15) is 23.1 Å². The van der Waals surface area contributed by atoms with Crippen LogP contribution >= 0.6 is 27.3 Å². The van der Waals surface area contributed by atoms with Gasteiger partial charge in [0.1, 0.15) is 0 Å². The normalized spacial score (nSPS) is 23.9. The minimum atomic E-state index is -4.49. The zero-order valence-corrected chi connectivity index (χ0v) is 20.9. The maximum absolute atomic E-state index is 12.8. The van der Waals surface area contributed by atoms with Gasteiger partial charge in [-0.2, -0.15) is 13.2 Å². The summed E-state index contributed by atoms with van der Waals surface area (Å²) in [6, 6.07) is 7.02. The highest BCUT2D eigenvalue weighted by atomic mass is 79.9. The van der Waals surface area contributed by atoms with E-state index in [1.54, 1.807) is 11.3 Å². The van der Waals surface area contributed by atoms with E-state index in [-0.39, 0.29) is 18.2 Å². The Labute approximate surface area is 209 Å². The minimum Gasteiger partial charge on any atom is -0.384 e. The van der Waals surface area contributed by atoms with Gasteiger partial charge in [0.25, 0.3) is 5.91 Å². The third kappa shape index (κ3) is 5.84. The first-order valence-corrected chi connectivity index (χ1v) is 12.8. The van der Waals surface area contributed by atoms with Crippen molar-refractivity contribution in [2.75, 3.05) is 19.6 Å². The highest BCUT2D eigenvalue weighted by Gasteiger charge is 2.40.